The Balaban J connectivity index is 0.00000208. The van der Waals surface area contributed by atoms with E-state index in [1.165, 1.54) is 23.2 Å². The van der Waals surface area contributed by atoms with Crippen LogP contribution >= 0.6 is 0 Å². The van der Waals surface area contributed by atoms with E-state index in [1.54, 1.807) is 14.6 Å². The van der Waals surface area contributed by atoms with Crippen molar-refractivity contribution in [2.24, 2.45) is 0 Å². The van der Waals surface area contributed by atoms with Crippen LogP contribution in [-0.4, -0.2) is 8.07 Å². The summed E-state index contributed by atoms with van der Waals surface area (Å²) in [5.74, 6) is 0. The molecule has 0 N–H and O–H groups in total. The van der Waals surface area contributed by atoms with E-state index in [-0.39, 0.29) is 37.2 Å². The molecule has 0 saturated heterocycles. The molecule has 0 nitrogen and oxygen atoms in total. The van der Waals surface area contributed by atoms with E-state index in [4.69, 9.17) is 0 Å². The summed E-state index contributed by atoms with van der Waals surface area (Å²) in [5.41, 5.74) is 1.63. The summed E-state index contributed by atoms with van der Waals surface area (Å²) in [6.45, 7) is 4.82. The molecule has 0 amide bonds. The molecule has 0 aliphatic heterocycles. The van der Waals surface area contributed by atoms with Gasteiger partial charge in [-0.25, -0.2) is 0 Å². The van der Waals surface area contributed by atoms with Crippen LogP contribution in [0, 0.1) is 0 Å². The Labute approximate surface area is 189 Å². The molecular formula is C21H23Cl3SiTi. The maximum absolute atomic E-state index is 2.53. The van der Waals surface area contributed by atoms with Crippen molar-refractivity contribution in [1.82, 2.24) is 0 Å². The number of rotatable bonds is 5. The van der Waals surface area contributed by atoms with Crippen LogP contribution in [0.5, 0.6) is 0 Å². The Morgan fingerprint density at radius 2 is 1.31 bits per heavy atom. The first kappa shape index (κ1) is 25.7. The molecule has 0 aromatic heterocycles. The summed E-state index contributed by atoms with van der Waals surface area (Å²) in [7, 11) is -1.91. The molecule has 1 aliphatic carbocycles. The van der Waals surface area contributed by atoms with Crippen LogP contribution in [0.25, 0.3) is 0 Å². The zero-order valence-electron chi connectivity index (χ0n) is 15.1. The van der Waals surface area contributed by atoms with Gasteiger partial charge >= 0.3 is 153 Å². The first-order valence-corrected chi connectivity index (χ1v) is 11.7. The van der Waals surface area contributed by atoms with E-state index in [9.17, 15) is 0 Å². The number of hydrogen-bond donors (Lipinski definition) is 0. The van der Waals surface area contributed by atoms with Gasteiger partial charge in [0, 0.05) is 0 Å². The first-order chi connectivity index (χ1) is 11.2. The molecule has 0 saturated carbocycles. The molecule has 0 unspecified atom stereocenters. The minimum Gasteiger partial charge on any atom is -1.00 e. The van der Waals surface area contributed by atoms with Gasteiger partial charge in [0.15, 0.2) is 0 Å². The second-order valence-electron chi connectivity index (χ2n) is 6.39. The van der Waals surface area contributed by atoms with Gasteiger partial charge in [-0.1, -0.05) is 0 Å². The molecule has 0 atom stereocenters. The van der Waals surface area contributed by atoms with Gasteiger partial charge in [0.05, 0.1) is 0 Å². The van der Waals surface area contributed by atoms with Gasteiger partial charge in [-0.05, 0) is 0 Å². The Morgan fingerprint density at radius 1 is 0.846 bits per heavy atom. The number of halogens is 3. The van der Waals surface area contributed by atoms with E-state index < -0.39 is 8.07 Å². The van der Waals surface area contributed by atoms with Crippen molar-refractivity contribution in [3.05, 3.63) is 81.4 Å². The van der Waals surface area contributed by atoms with Crippen molar-refractivity contribution in [2.45, 2.75) is 32.7 Å². The molecule has 2 aromatic carbocycles. The van der Waals surface area contributed by atoms with E-state index in [0.29, 0.717) is 0 Å². The molecule has 0 heterocycles. The smallest absolute Gasteiger partial charge is 1.00 e. The topological polar surface area (TPSA) is 0 Å². The second kappa shape index (κ2) is 11.5. The summed E-state index contributed by atoms with van der Waals surface area (Å²) in [4.78, 5) is 0. The van der Waals surface area contributed by atoms with Crippen molar-refractivity contribution >= 4 is 18.4 Å². The zero-order chi connectivity index (χ0) is 16.3. The molecule has 0 bridgehead atoms. The summed E-state index contributed by atoms with van der Waals surface area (Å²) < 4.78 is 1.58. The van der Waals surface area contributed by atoms with E-state index in [0.717, 1.165) is 6.42 Å². The minimum absolute atomic E-state index is 0. The first-order valence-electron chi connectivity index (χ1n) is 8.43. The van der Waals surface area contributed by atoms with Crippen LogP contribution in [0.3, 0.4) is 0 Å². The van der Waals surface area contributed by atoms with E-state index in [2.05, 4.69) is 101 Å². The summed E-state index contributed by atoms with van der Waals surface area (Å²) in [6.07, 6.45) is 6.08. The van der Waals surface area contributed by atoms with E-state index >= 15 is 0 Å². The Kier molecular flexibility index (Phi) is 11.4. The van der Waals surface area contributed by atoms with Crippen molar-refractivity contribution < 1.29 is 57.7 Å². The summed E-state index contributed by atoms with van der Waals surface area (Å²) >= 11 is 2.32. The number of allylic oxidation sites excluding steroid dienone is 4. The maximum Gasteiger partial charge on any atom is -1.00 e. The zero-order valence-corrected chi connectivity index (χ0v) is 19.9. The van der Waals surface area contributed by atoms with Crippen molar-refractivity contribution in [3.8, 4) is 0 Å². The molecule has 0 spiro atoms. The minimum atomic E-state index is -1.91. The summed E-state index contributed by atoms with van der Waals surface area (Å²) in [6, 6.07) is 22.3. The summed E-state index contributed by atoms with van der Waals surface area (Å²) in [5, 5.41) is 4.68. The predicted octanol–water partition coefficient (Wildman–Crippen LogP) is -4.64. The third-order valence-corrected chi connectivity index (χ3v) is 10.3. The van der Waals surface area contributed by atoms with Crippen LogP contribution in [0.15, 0.2) is 81.4 Å². The van der Waals surface area contributed by atoms with Gasteiger partial charge in [0.1, 0.15) is 0 Å². The van der Waals surface area contributed by atoms with Gasteiger partial charge in [-0.15, -0.1) is 0 Å². The molecule has 2 aromatic rings. The normalized spacial score (nSPS) is 13.3. The van der Waals surface area contributed by atoms with Gasteiger partial charge in [0.25, 0.3) is 0 Å². The average Bonchev–Trinajstić information content (AvgIpc) is 2.97. The third kappa shape index (κ3) is 4.95. The average molecular weight is 458 g/mol. The van der Waals surface area contributed by atoms with Crippen LogP contribution < -0.4 is 47.6 Å². The monoisotopic (exact) mass is 456 g/mol. The molecule has 0 radical (unpaired) electrons. The van der Waals surface area contributed by atoms with Crippen molar-refractivity contribution in [3.63, 3.8) is 0 Å². The Bertz CT molecular complexity index is 703. The van der Waals surface area contributed by atoms with Crippen LogP contribution in [0.4, 0.5) is 0 Å². The molecule has 3 rings (SSSR count). The maximum atomic E-state index is 2.53. The van der Waals surface area contributed by atoms with Crippen LogP contribution in [-0.2, 0) is 20.4 Å². The third-order valence-electron chi connectivity index (χ3n) is 4.94. The van der Waals surface area contributed by atoms with Crippen molar-refractivity contribution in [2.75, 3.05) is 0 Å². The van der Waals surface area contributed by atoms with Gasteiger partial charge in [-0.3, -0.25) is 0 Å². The standard InChI is InChI=1S/C21H23Si.3ClH.Ti/c1-3-11-18-12-10-17-21(18)22(2,19-13-6-4-7-14-19)20-15-8-5-9-16-20;;;;/h4-9,13-17H,3,10-11H2,1-2H3;3*1H;/q;;;;+3/p-3. The fourth-order valence-corrected chi connectivity index (χ4v) is 8.50. The fourth-order valence-electron chi connectivity index (χ4n) is 3.68. The van der Waals surface area contributed by atoms with Gasteiger partial charge < -0.3 is 37.2 Å². The van der Waals surface area contributed by atoms with Gasteiger partial charge in [-0.2, -0.15) is 0 Å². The predicted molar refractivity (Wildman–Crippen MR) is 98.4 cm³/mol. The van der Waals surface area contributed by atoms with E-state index in [1.807, 2.05) is 0 Å². The largest absolute Gasteiger partial charge is 1.00 e. The fraction of sp³-hybridized carbons (Fsp3) is 0.238. The Morgan fingerprint density at radius 3 is 1.73 bits per heavy atom. The quantitative estimate of drug-likeness (QED) is 0.397. The molecule has 136 valence electrons. The Hall–Kier alpha value is -0.279. The molecular weight excluding hydrogens is 435 g/mol. The molecule has 5 heteroatoms. The van der Waals surface area contributed by atoms with Crippen LogP contribution in [0.1, 0.15) is 26.2 Å². The molecule has 26 heavy (non-hydrogen) atoms. The molecule has 1 aliphatic rings. The van der Waals surface area contributed by atoms with Gasteiger partial charge in [0.2, 0.25) is 0 Å². The molecule has 0 fully saturated rings. The number of benzene rings is 2. The van der Waals surface area contributed by atoms with Crippen LogP contribution in [0.2, 0.25) is 6.55 Å². The second-order valence-corrected chi connectivity index (χ2v) is 11.3. The number of hydrogen-bond acceptors (Lipinski definition) is 0. The SMILES string of the molecule is CCCC1=[C]([Ti+3])CC=C1[Si](C)(c1ccccc1)c1ccccc1.[Cl-].[Cl-].[Cl-]. The van der Waals surface area contributed by atoms with Crippen molar-refractivity contribution in [1.29, 1.82) is 0 Å².